The van der Waals surface area contributed by atoms with Crippen molar-refractivity contribution in [2.75, 3.05) is 12.3 Å². The van der Waals surface area contributed by atoms with Gasteiger partial charge in [0.15, 0.2) is 5.12 Å². The van der Waals surface area contributed by atoms with Crippen molar-refractivity contribution in [2.45, 2.75) is 32.7 Å². The van der Waals surface area contributed by atoms with Gasteiger partial charge in [-0.25, -0.2) is 4.79 Å². The van der Waals surface area contributed by atoms with E-state index in [1.807, 2.05) is 24.3 Å². The number of benzene rings is 1. The van der Waals surface area contributed by atoms with Gasteiger partial charge in [0.1, 0.15) is 6.04 Å². The lowest BCUT2D eigenvalue weighted by Gasteiger charge is -2.25. The Morgan fingerprint density at radius 2 is 1.92 bits per heavy atom. The summed E-state index contributed by atoms with van der Waals surface area (Å²) in [5.74, 6) is -1.32. The number of carboxylic acids is 1. The molecule has 26 heavy (non-hydrogen) atoms. The maximum absolute atomic E-state index is 12.6. The van der Waals surface area contributed by atoms with Crippen molar-refractivity contribution in [3.8, 4) is 0 Å². The lowest BCUT2D eigenvalue weighted by Crippen LogP contribution is -2.44. The average Bonchev–Trinajstić information content (AvgIpc) is 3.03. The first-order chi connectivity index (χ1) is 12.3. The van der Waals surface area contributed by atoms with E-state index in [2.05, 4.69) is 0 Å². The summed E-state index contributed by atoms with van der Waals surface area (Å²) < 4.78 is 0. The number of amides is 1. The van der Waals surface area contributed by atoms with Crippen LogP contribution in [0.2, 0.25) is 5.02 Å². The number of hydrogen-bond acceptors (Lipinski definition) is 4. The average molecular weight is 396 g/mol. The molecular weight excluding hydrogens is 374 g/mol. The topological polar surface area (TPSA) is 74.7 Å². The molecular formula is C19H22ClNO4S. The Morgan fingerprint density at radius 3 is 2.50 bits per heavy atom. The van der Waals surface area contributed by atoms with E-state index in [4.69, 9.17) is 11.6 Å². The van der Waals surface area contributed by atoms with Gasteiger partial charge < -0.3 is 10.0 Å². The standard InChI is InChI=1S/C19H22ClNO4S/c1-12(11-26-13(2)22)18(23)21-10-15(9-17(21)19(24)25)4-3-14-5-7-16(20)8-6-14/h5-9,12,17H,3-4,10-11H2,1-2H3,(H,24,25). The third kappa shape index (κ3) is 5.61. The fraction of sp³-hybridized carbons (Fsp3) is 0.421. The summed E-state index contributed by atoms with van der Waals surface area (Å²) in [5, 5.41) is 10.1. The van der Waals surface area contributed by atoms with Gasteiger partial charge in [-0.1, -0.05) is 48.0 Å². The van der Waals surface area contributed by atoms with Gasteiger partial charge >= 0.3 is 5.97 Å². The molecule has 1 amide bonds. The van der Waals surface area contributed by atoms with Gasteiger partial charge in [0.2, 0.25) is 5.91 Å². The van der Waals surface area contributed by atoms with Crippen LogP contribution in [0.15, 0.2) is 35.9 Å². The molecule has 1 aliphatic rings. The lowest BCUT2D eigenvalue weighted by atomic mass is 10.0. The van der Waals surface area contributed by atoms with Gasteiger partial charge in [-0.05, 0) is 36.6 Å². The zero-order valence-corrected chi connectivity index (χ0v) is 16.3. The SMILES string of the molecule is CC(=O)SCC(C)C(=O)N1CC(CCc2ccc(Cl)cc2)=CC1C(=O)O. The van der Waals surface area contributed by atoms with Crippen LogP contribution in [0, 0.1) is 5.92 Å². The first-order valence-electron chi connectivity index (χ1n) is 8.38. The number of nitrogens with zero attached hydrogens (tertiary/aromatic N) is 1. The van der Waals surface area contributed by atoms with E-state index >= 15 is 0 Å². The lowest BCUT2D eigenvalue weighted by molar-refractivity contribution is -0.148. The molecule has 2 unspecified atom stereocenters. The van der Waals surface area contributed by atoms with Crippen molar-refractivity contribution >= 4 is 40.4 Å². The number of thioether (sulfide) groups is 1. The summed E-state index contributed by atoms with van der Waals surface area (Å²) >= 11 is 6.96. The maximum atomic E-state index is 12.6. The van der Waals surface area contributed by atoms with Crippen LogP contribution in [0.25, 0.3) is 0 Å². The fourth-order valence-corrected chi connectivity index (χ4v) is 3.57. The largest absolute Gasteiger partial charge is 0.479 e. The summed E-state index contributed by atoms with van der Waals surface area (Å²) in [6, 6.07) is 6.59. The molecule has 1 N–H and O–H groups in total. The van der Waals surface area contributed by atoms with Gasteiger partial charge in [0.05, 0.1) is 0 Å². The molecule has 0 saturated heterocycles. The van der Waals surface area contributed by atoms with E-state index < -0.39 is 17.9 Å². The zero-order valence-electron chi connectivity index (χ0n) is 14.8. The first-order valence-corrected chi connectivity index (χ1v) is 9.75. The van der Waals surface area contributed by atoms with E-state index in [1.165, 1.54) is 11.8 Å². The number of hydrogen-bond donors (Lipinski definition) is 1. The predicted octanol–water partition coefficient (Wildman–Crippen LogP) is 3.41. The van der Waals surface area contributed by atoms with Crippen LogP contribution in [0.3, 0.4) is 0 Å². The minimum atomic E-state index is -1.04. The molecule has 1 aliphatic heterocycles. The van der Waals surface area contributed by atoms with Crippen LogP contribution in [0.1, 0.15) is 25.8 Å². The first kappa shape index (κ1) is 20.5. The molecule has 0 aliphatic carbocycles. The second-order valence-corrected chi connectivity index (χ2v) is 8.04. The van der Waals surface area contributed by atoms with E-state index in [9.17, 15) is 19.5 Å². The maximum Gasteiger partial charge on any atom is 0.330 e. The smallest absolute Gasteiger partial charge is 0.330 e. The van der Waals surface area contributed by atoms with Crippen molar-refractivity contribution in [1.82, 2.24) is 4.90 Å². The third-order valence-electron chi connectivity index (χ3n) is 4.25. The quantitative estimate of drug-likeness (QED) is 0.716. The highest BCUT2D eigenvalue weighted by Gasteiger charge is 2.35. The molecule has 0 bridgehead atoms. The highest BCUT2D eigenvalue weighted by Crippen LogP contribution is 2.24. The molecule has 2 rings (SSSR count). The van der Waals surface area contributed by atoms with Crippen molar-refractivity contribution < 1.29 is 19.5 Å². The number of aliphatic carboxylic acids is 1. The van der Waals surface area contributed by atoms with Crippen molar-refractivity contribution in [3.05, 3.63) is 46.5 Å². The van der Waals surface area contributed by atoms with Gasteiger partial charge in [-0.3, -0.25) is 9.59 Å². The summed E-state index contributed by atoms with van der Waals surface area (Å²) in [5.41, 5.74) is 2.05. The van der Waals surface area contributed by atoms with Crippen molar-refractivity contribution in [1.29, 1.82) is 0 Å². The second kappa shape index (κ2) is 9.24. The number of aryl methyl sites for hydroxylation is 1. The van der Waals surface area contributed by atoms with E-state index in [0.29, 0.717) is 23.7 Å². The van der Waals surface area contributed by atoms with Gasteiger partial charge in [0, 0.05) is 30.2 Å². The zero-order chi connectivity index (χ0) is 19.3. The van der Waals surface area contributed by atoms with Crippen LogP contribution < -0.4 is 0 Å². The Kier molecular flexibility index (Phi) is 7.29. The van der Waals surface area contributed by atoms with Crippen LogP contribution in [-0.4, -0.2) is 45.3 Å². The number of carbonyl (C=O) groups excluding carboxylic acids is 2. The van der Waals surface area contributed by atoms with Crippen LogP contribution >= 0.6 is 23.4 Å². The summed E-state index contributed by atoms with van der Waals surface area (Å²) in [6.07, 6.45) is 3.11. The molecule has 1 aromatic carbocycles. The van der Waals surface area contributed by atoms with E-state index in [1.54, 1.807) is 13.0 Å². The van der Waals surface area contributed by atoms with Crippen LogP contribution in [-0.2, 0) is 20.8 Å². The highest BCUT2D eigenvalue weighted by molar-refractivity contribution is 8.13. The van der Waals surface area contributed by atoms with Gasteiger partial charge in [-0.15, -0.1) is 0 Å². The fourth-order valence-electron chi connectivity index (χ4n) is 2.82. The summed E-state index contributed by atoms with van der Waals surface area (Å²) in [4.78, 5) is 36.6. The molecule has 0 aromatic heterocycles. The highest BCUT2D eigenvalue weighted by atomic mass is 35.5. The Bertz CT molecular complexity index is 717. The van der Waals surface area contributed by atoms with Gasteiger partial charge in [-0.2, -0.15) is 0 Å². The Hall–Kier alpha value is -1.79. The molecule has 5 nitrogen and oxygen atoms in total. The molecule has 0 spiro atoms. The number of rotatable bonds is 7. The minimum absolute atomic E-state index is 0.0531. The van der Waals surface area contributed by atoms with E-state index in [0.717, 1.165) is 29.3 Å². The molecule has 1 aromatic rings. The van der Waals surface area contributed by atoms with Crippen molar-refractivity contribution in [2.24, 2.45) is 5.92 Å². The number of halogens is 1. The molecule has 0 radical (unpaired) electrons. The Morgan fingerprint density at radius 1 is 1.27 bits per heavy atom. The molecule has 7 heteroatoms. The molecule has 1 heterocycles. The normalized spacial score (nSPS) is 17.7. The predicted molar refractivity (Wildman–Crippen MR) is 103 cm³/mol. The van der Waals surface area contributed by atoms with Crippen LogP contribution in [0.5, 0.6) is 0 Å². The second-order valence-electron chi connectivity index (χ2n) is 6.40. The number of carboxylic acid groups (broad SMARTS) is 1. The molecule has 0 fully saturated rings. The Labute approximate surface area is 162 Å². The molecule has 0 saturated carbocycles. The Balaban J connectivity index is 1.99. The van der Waals surface area contributed by atoms with Crippen molar-refractivity contribution in [3.63, 3.8) is 0 Å². The number of carbonyl (C=O) groups is 3. The summed E-state index contributed by atoms with van der Waals surface area (Å²) in [7, 11) is 0. The summed E-state index contributed by atoms with van der Waals surface area (Å²) in [6.45, 7) is 3.50. The monoisotopic (exact) mass is 395 g/mol. The van der Waals surface area contributed by atoms with E-state index in [-0.39, 0.29) is 11.0 Å². The third-order valence-corrected chi connectivity index (χ3v) is 5.57. The molecule has 2 atom stereocenters. The minimum Gasteiger partial charge on any atom is -0.479 e. The van der Waals surface area contributed by atoms with Gasteiger partial charge in [0.25, 0.3) is 0 Å². The molecule has 140 valence electrons. The van der Waals surface area contributed by atoms with Crippen LogP contribution in [0.4, 0.5) is 0 Å².